The third-order valence-corrected chi connectivity index (χ3v) is 2.22. The fraction of sp³-hybridized carbons (Fsp3) is 0.100. The van der Waals surface area contributed by atoms with Crippen molar-refractivity contribution < 1.29 is 0 Å². The van der Waals surface area contributed by atoms with Crippen molar-refractivity contribution in [3.8, 4) is 11.1 Å². The maximum atomic E-state index is 5.00. The highest BCUT2D eigenvalue weighted by molar-refractivity contribution is 7.71. The number of H-pyrrole nitrogens is 1. The Morgan fingerprint density at radius 2 is 2.21 bits per heavy atom. The average Bonchev–Trinajstić information content (AvgIpc) is 2.18. The molecule has 0 radical (unpaired) electrons. The molecule has 0 atom stereocenters. The number of aromatic nitrogens is 3. The highest BCUT2D eigenvalue weighted by Crippen LogP contribution is 2.20. The van der Waals surface area contributed by atoms with E-state index in [0.29, 0.717) is 4.64 Å². The summed E-state index contributed by atoms with van der Waals surface area (Å²) in [7, 11) is 0. The van der Waals surface area contributed by atoms with Crippen LogP contribution in [0.1, 0.15) is 5.56 Å². The molecule has 0 saturated carbocycles. The van der Waals surface area contributed by atoms with Crippen LogP contribution in [0, 0.1) is 11.6 Å². The van der Waals surface area contributed by atoms with Crippen molar-refractivity contribution in [3.05, 3.63) is 40.9 Å². The fourth-order valence-electron chi connectivity index (χ4n) is 1.29. The van der Waals surface area contributed by atoms with E-state index in [1.165, 1.54) is 5.56 Å². The molecule has 0 aliphatic carbocycles. The van der Waals surface area contributed by atoms with Gasteiger partial charge in [0.2, 0.25) is 0 Å². The monoisotopic (exact) mass is 203 g/mol. The molecule has 2 heterocycles. The van der Waals surface area contributed by atoms with Gasteiger partial charge < -0.3 is 0 Å². The number of nitrogens with one attached hydrogen (secondary N) is 1. The van der Waals surface area contributed by atoms with Gasteiger partial charge in [0.25, 0.3) is 0 Å². The van der Waals surface area contributed by atoms with E-state index < -0.39 is 0 Å². The van der Waals surface area contributed by atoms with Gasteiger partial charge in [0, 0.05) is 23.5 Å². The lowest BCUT2D eigenvalue weighted by Gasteiger charge is -2.03. The second-order valence-electron chi connectivity index (χ2n) is 3.02. The highest BCUT2D eigenvalue weighted by atomic mass is 32.1. The smallest absolute Gasteiger partial charge is 0.120 e. The van der Waals surface area contributed by atoms with E-state index in [0.717, 1.165) is 11.1 Å². The van der Waals surface area contributed by atoms with E-state index in [1.54, 1.807) is 12.4 Å². The Kier molecular flexibility index (Phi) is 2.37. The minimum absolute atomic E-state index is 0.630. The molecular formula is C10H9N3S. The van der Waals surface area contributed by atoms with E-state index in [2.05, 4.69) is 15.2 Å². The summed E-state index contributed by atoms with van der Waals surface area (Å²) in [6, 6.07) is 3.85. The normalized spacial score (nSPS) is 10.1. The van der Waals surface area contributed by atoms with Crippen LogP contribution in [0.25, 0.3) is 11.1 Å². The van der Waals surface area contributed by atoms with E-state index in [-0.39, 0.29) is 0 Å². The number of pyridine rings is 1. The molecule has 2 aromatic rings. The van der Waals surface area contributed by atoms with Gasteiger partial charge in [-0.25, -0.2) is 0 Å². The van der Waals surface area contributed by atoms with E-state index in [1.807, 2.05) is 25.3 Å². The molecule has 70 valence electrons. The maximum absolute atomic E-state index is 5.00. The first-order valence-electron chi connectivity index (χ1n) is 4.23. The van der Waals surface area contributed by atoms with Gasteiger partial charge in [-0.3, -0.25) is 10.1 Å². The van der Waals surface area contributed by atoms with Crippen LogP contribution in [0.5, 0.6) is 0 Å². The zero-order valence-electron chi connectivity index (χ0n) is 7.69. The summed E-state index contributed by atoms with van der Waals surface area (Å²) in [5.74, 6) is 0. The maximum Gasteiger partial charge on any atom is 0.120 e. The van der Waals surface area contributed by atoms with Crippen LogP contribution in [-0.4, -0.2) is 15.2 Å². The summed E-state index contributed by atoms with van der Waals surface area (Å²) in [4.78, 5) is 4.08. The van der Waals surface area contributed by atoms with Crippen molar-refractivity contribution in [2.24, 2.45) is 0 Å². The second kappa shape index (κ2) is 3.67. The van der Waals surface area contributed by atoms with Crippen molar-refractivity contribution >= 4 is 12.2 Å². The Balaban J connectivity index is 2.61. The predicted octanol–water partition coefficient (Wildman–Crippen LogP) is 2.51. The molecule has 14 heavy (non-hydrogen) atoms. The number of nitrogens with zero attached hydrogens (tertiary/aromatic N) is 2. The lowest BCUT2D eigenvalue weighted by Crippen LogP contribution is -1.87. The Hall–Kier alpha value is -1.55. The van der Waals surface area contributed by atoms with Crippen LogP contribution >= 0.6 is 12.2 Å². The van der Waals surface area contributed by atoms with Gasteiger partial charge in [-0.1, -0.05) is 12.2 Å². The lowest BCUT2D eigenvalue weighted by molar-refractivity contribution is 1.02. The van der Waals surface area contributed by atoms with Crippen LogP contribution in [-0.2, 0) is 0 Å². The number of hydrogen-bond acceptors (Lipinski definition) is 3. The fourth-order valence-corrected chi connectivity index (χ4v) is 1.47. The quantitative estimate of drug-likeness (QED) is 0.724. The summed E-state index contributed by atoms with van der Waals surface area (Å²) in [5.41, 5.74) is 3.24. The number of aryl methyl sites for hydroxylation is 1. The molecule has 3 nitrogen and oxygen atoms in total. The van der Waals surface area contributed by atoms with Gasteiger partial charge in [0.05, 0.1) is 6.20 Å². The van der Waals surface area contributed by atoms with Gasteiger partial charge in [-0.05, 0) is 24.6 Å². The number of rotatable bonds is 1. The van der Waals surface area contributed by atoms with Crippen molar-refractivity contribution in [2.45, 2.75) is 6.92 Å². The first kappa shape index (κ1) is 9.02. The topological polar surface area (TPSA) is 41.6 Å². The standard InChI is InChI=1S/C10H9N3S/c1-7-2-3-11-6-9(7)8-4-10(14)13-12-5-8/h2-6H,1H3,(H,13,14). The Labute approximate surface area is 86.8 Å². The summed E-state index contributed by atoms with van der Waals surface area (Å²) in [6.45, 7) is 2.04. The SMILES string of the molecule is Cc1ccncc1-c1cn[nH]c(=S)c1. The summed E-state index contributed by atoms with van der Waals surface area (Å²) in [5, 5.41) is 6.65. The highest BCUT2D eigenvalue weighted by Gasteiger charge is 2.00. The molecule has 0 fully saturated rings. The van der Waals surface area contributed by atoms with E-state index in [9.17, 15) is 0 Å². The van der Waals surface area contributed by atoms with Crippen LogP contribution in [0.4, 0.5) is 0 Å². The number of aromatic amines is 1. The van der Waals surface area contributed by atoms with Crippen molar-refractivity contribution in [3.63, 3.8) is 0 Å². The van der Waals surface area contributed by atoms with Crippen molar-refractivity contribution in [1.29, 1.82) is 0 Å². The van der Waals surface area contributed by atoms with Crippen molar-refractivity contribution in [2.75, 3.05) is 0 Å². The van der Waals surface area contributed by atoms with Crippen LogP contribution < -0.4 is 0 Å². The van der Waals surface area contributed by atoms with E-state index >= 15 is 0 Å². The largest absolute Gasteiger partial charge is 0.268 e. The zero-order chi connectivity index (χ0) is 9.97. The lowest BCUT2D eigenvalue weighted by atomic mass is 10.1. The molecule has 2 aromatic heterocycles. The molecule has 2 rings (SSSR count). The predicted molar refractivity (Wildman–Crippen MR) is 57.4 cm³/mol. The van der Waals surface area contributed by atoms with E-state index in [4.69, 9.17) is 12.2 Å². The Bertz CT molecular complexity index is 504. The summed E-state index contributed by atoms with van der Waals surface area (Å²) < 4.78 is 0.630. The molecule has 1 N–H and O–H groups in total. The molecule has 0 aromatic carbocycles. The molecular weight excluding hydrogens is 194 g/mol. The first-order chi connectivity index (χ1) is 6.77. The molecule has 0 amide bonds. The van der Waals surface area contributed by atoms with Crippen molar-refractivity contribution in [1.82, 2.24) is 15.2 Å². The Morgan fingerprint density at radius 1 is 1.36 bits per heavy atom. The van der Waals surface area contributed by atoms with Gasteiger partial charge in [0.1, 0.15) is 4.64 Å². The molecule has 0 aliphatic heterocycles. The van der Waals surface area contributed by atoms with Gasteiger partial charge in [-0.15, -0.1) is 0 Å². The minimum Gasteiger partial charge on any atom is -0.268 e. The third-order valence-electron chi connectivity index (χ3n) is 2.02. The van der Waals surface area contributed by atoms with Crippen LogP contribution in [0.2, 0.25) is 0 Å². The van der Waals surface area contributed by atoms with Gasteiger partial charge >= 0.3 is 0 Å². The molecule has 0 bridgehead atoms. The molecule has 0 unspecified atom stereocenters. The second-order valence-corrected chi connectivity index (χ2v) is 3.46. The Morgan fingerprint density at radius 3 is 2.93 bits per heavy atom. The van der Waals surface area contributed by atoms with Gasteiger partial charge in [0.15, 0.2) is 0 Å². The first-order valence-corrected chi connectivity index (χ1v) is 4.64. The summed E-state index contributed by atoms with van der Waals surface area (Å²) in [6.07, 6.45) is 5.34. The summed E-state index contributed by atoms with van der Waals surface area (Å²) >= 11 is 5.00. The zero-order valence-corrected chi connectivity index (χ0v) is 8.51. The third kappa shape index (κ3) is 1.70. The molecule has 0 saturated heterocycles. The molecule has 0 spiro atoms. The van der Waals surface area contributed by atoms with Crippen LogP contribution in [0.3, 0.4) is 0 Å². The minimum atomic E-state index is 0.630. The average molecular weight is 203 g/mol. The number of hydrogen-bond donors (Lipinski definition) is 1. The van der Waals surface area contributed by atoms with Crippen LogP contribution in [0.15, 0.2) is 30.7 Å². The molecule has 4 heteroatoms. The van der Waals surface area contributed by atoms with Gasteiger partial charge in [-0.2, -0.15) is 5.10 Å². The molecule has 0 aliphatic rings.